The summed E-state index contributed by atoms with van der Waals surface area (Å²) in [6.45, 7) is 9.06. The lowest BCUT2D eigenvalue weighted by atomic mass is 9.43. The van der Waals surface area contributed by atoms with E-state index in [0.717, 1.165) is 31.2 Å². The van der Waals surface area contributed by atoms with Gasteiger partial charge in [0.1, 0.15) is 0 Å². The van der Waals surface area contributed by atoms with Crippen LogP contribution >= 0.6 is 0 Å². The SMILES string of the molecule is CC1(C)CCCC2(C)C1CCC1(C)c3c(CO)cc(O)c(OS(=O)(=O)O)c3CC12. The molecule has 0 aliphatic heterocycles. The first kappa shape index (κ1) is 20.9. The Morgan fingerprint density at radius 2 is 1.83 bits per heavy atom. The van der Waals surface area contributed by atoms with E-state index in [1.807, 2.05) is 0 Å². The van der Waals surface area contributed by atoms with Crippen LogP contribution in [0.3, 0.4) is 0 Å². The van der Waals surface area contributed by atoms with E-state index in [0.29, 0.717) is 23.5 Å². The monoisotopic (exact) mass is 424 g/mol. The van der Waals surface area contributed by atoms with Crippen LogP contribution in [0.25, 0.3) is 0 Å². The summed E-state index contributed by atoms with van der Waals surface area (Å²) in [5.41, 5.74) is 2.21. The fourth-order valence-corrected chi connectivity index (χ4v) is 8.00. The van der Waals surface area contributed by atoms with Crippen LogP contribution in [0.5, 0.6) is 11.5 Å². The number of benzene rings is 1. The van der Waals surface area contributed by atoms with Crippen molar-refractivity contribution in [1.29, 1.82) is 0 Å². The third kappa shape index (κ3) is 3.00. The average Bonchev–Trinajstić information content (AvgIpc) is 2.90. The van der Waals surface area contributed by atoms with Crippen LogP contribution < -0.4 is 4.18 Å². The molecule has 0 saturated heterocycles. The number of rotatable bonds is 3. The van der Waals surface area contributed by atoms with Gasteiger partial charge in [-0.25, -0.2) is 0 Å². The Hall–Kier alpha value is -1.31. The lowest BCUT2D eigenvalue weighted by molar-refractivity contribution is -0.0984. The molecule has 29 heavy (non-hydrogen) atoms. The van der Waals surface area contributed by atoms with Crippen molar-refractivity contribution in [2.45, 2.75) is 78.2 Å². The summed E-state index contributed by atoms with van der Waals surface area (Å²) < 4.78 is 37.0. The second-order valence-corrected chi connectivity index (χ2v) is 11.5. The van der Waals surface area contributed by atoms with Gasteiger partial charge in [-0.2, -0.15) is 8.42 Å². The number of hydrogen-bond acceptors (Lipinski definition) is 5. The van der Waals surface area contributed by atoms with Crippen LogP contribution in [0.15, 0.2) is 6.07 Å². The maximum absolute atomic E-state index is 11.5. The lowest BCUT2D eigenvalue weighted by Crippen LogP contribution is -2.55. The van der Waals surface area contributed by atoms with Crippen molar-refractivity contribution >= 4 is 10.4 Å². The van der Waals surface area contributed by atoms with E-state index in [1.165, 1.54) is 12.5 Å². The topological polar surface area (TPSA) is 104 Å². The smallest absolute Gasteiger partial charge is 0.446 e. The largest absolute Gasteiger partial charge is 0.504 e. The van der Waals surface area contributed by atoms with E-state index in [4.69, 9.17) is 4.18 Å². The van der Waals surface area contributed by atoms with Crippen LogP contribution in [0.1, 0.15) is 76.5 Å². The van der Waals surface area contributed by atoms with E-state index in [2.05, 4.69) is 27.7 Å². The summed E-state index contributed by atoms with van der Waals surface area (Å²) in [5.74, 6) is 0.260. The highest BCUT2D eigenvalue weighted by Gasteiger charge is 2.62. The zero-order valence-electron chi connectivity index (χ0n) is 17.7. The van der Waals surface area contributed by atoms with Crippen molar-refractivity contribution in [2.24, 2.45) is 22.7 Å². The Morgan fingerprint density at radius 3 is 2.45 bits per heavy atom. The molecule has 6 nitrogen and oxygen atoms in total. The Labute approximate surface area is 173 Å². The molecule has 162 valence electrons. The molecule has 0 spiro atoms. The Morgan fingerprint density at radius 1 is 1.14 bits per heavy atom. The zero-order valence-corrected chi connectivity index (χ0v) is 18.5. The van der Waals surface area contributed by atoms with Gasteiger partial charge in [0.05, 0.1) is 6.61 Å². The number of phenols is 1. The predicted octanol–water partition coefficient (Wildman–Crippen LogP) is 4.12. The molecule has 3 N–H and O–H groups in total. The fraction of sp³-hybridized carbons (Fsp3) is 0.727. The summed E-state index contributed by atoms with van der Waals surface area (Å²) in [6.07, 6.45) is 6.08. The van der Waals surface area contributed by atoms with E-state index < -0.39 is 10.4 Å². The Kier molecular flexibility index (Phi) is 4.58. The predicted molar refractivity (Wildman–Crippen MR) is 109 cm³/mol. The molecule has 0 radical (unpaired) electrons. The molecule has 2 saturated carbocycles. The third-order valence-electron chi connectivity index (χ3n) is 8.57. The highest BCUT2D eigenvalue weighted by molar-refractivity contribution is 7.81. The molecule has 3 aliphatic rings. The number of fused-ring (bicyclic) bond motifs is 5. The van der Waals surface area contributed by atoms with Gasteiger partial charge in [-0.05, 0) is 77.4 Å². The quantitative estimate of drug-likeness (QED) is 0.631. The first-order valence-corrected chi connectivity index (χ1v) is 11.9. The van der Waals surface area contributed by atoms with Gasteiger partial charge in [-0.3, -0.25) is 4.55 Å². The van der Waals surface area contributed by atoms with Crippen LogP contribution in [0, 0.1) is 22.7 Å². The standard InChI is InChI=1S/C22H32O6S/c1-20(2)7-5-8-21(3)16(20)6-9-22(4)17(21)11-14-18(22)13(12-23)10-15(24)19(14)28-29(25,26)27/h10,16-17,23-24H,5-9,11-12H2,1-4H3,(H,25,26,27). The minimum atomic E-state index is -4.77. The van der Waals surface area contributed by atoms with Gasteiger partial charge in [-0.15, -0.1) is 0 Å². The van der Waals surface area contributed by atoms with Gasteiger partial charge in [-0.1, -0.05) is 34.1 Å². The molecule has 4 unspecified atom stereocenters. The van der Waals surface area contributed by atoms with E-state index >= 15 is 0 Å². The van der Waals surface area contributed by atoms with Gasteiger partial charge in [0.15, 0.2) is 11.5 Å². The molecule has 0 bridgehead atoms. The molecule has 1 aromatic rings. The first-order chi connectivity index (χ1) is 13.3. The normalized spacial score (nSPS) is 35.5. The maximum Gasteiger partial charge on any atom is 0.446 e. The van der Waals surface area contributed by atoms with Crippen molar-refractivity contribution in [3.63, 3.8) is 0 Å². The molecule has 1 aromatic carbocycles. The highest BCUT2D eigenvalue weighted by Crippen LogP contribution is 2.68. The molecular formula is C22H32O6S. The van der Waals surface area contributed by atoms with E-state index in [1.54, 1.807) is 0 Å². The van der Waals surface area contributed by atoms with E-state index in [-0.39, 0.29) is 40.3 Å². The fourth-order valence-electron chi connectivity index (χ4n) is 7.61. The molecule has 4 rings (SSSR count). The summed E-state index contributed by atoms with van der Waals surface area (Å²) in [7, 11) is -4.77. The van der Waals surface area contributed by atoms with Gasteiger partial charge < -0.3 is 14.4 Å². The Balaban J connectivity index is 1.90. The number of aliphatic hydroxyl groups excluding tert-OH is 1. The minimum Gasteiger partial charge on any atom is -0.504 e. The number of aromatic hydroxyl groups is 1. The second-order valence-electron chi connectivity index (χ2n) is 10.5. The minimum absolute atomic E-state index is 0.0749. The van der Waals surface area contributed by atoms with Gasteiger partial charge in [0.25, 0.3) is 0 Å². The van der Waals surface area contributed by atoms with Gasteiger partial charge in [0.2, 0.25) is 0 Å². The van der Waals surface area contributed by atoms with E-state index in [9.17, 15) is 23.2 Å². The summed E-state index contributed by atoms with van der Waals surface area (Å²) in [5, 5.41) is 20.5. The highest BCUT2D eigenvalue weighted by atomic mass is 32.3. The van der Waals surface area contributed by atoms with Crippen molar-refractivity contribution < 1.29 is 27.4 Å². The molecule has 3 aliphatic carbocycles. The van der Waals surface area contributed by atoms with Crippen LogP contribution in [-0.2, 0) is 28.8 Å². The summed E-state index contributed by atoms with van der Waals surface area (Å²) >= 11 is 0. The second kappa shape index (κ2) is 6.34. The van der Waals surface area contributed by atoms with Gasteiger partial charge in [0, 0.05) is 5.56 Å². The number of hydrogen-bond donors (Lipinski definition) is 3. The van der Waals surface area contributed by atoms with Crippen LogP contribution in [0.4, 0.5) is 0 Å². The van der Waals surface area contributed by atoms with Crippen LogP contribution in [0.2, 0.25) is 0 Å². The molecule has 0 aromatic heterocycles. The molecular weight excluding hydrogens is 392 g/mol. The molecule has 0 heterocycles. The van der Waals surface area contributed by atoms with Crippen molar-refractivity contribution in [3.8, 4) is 11.5 Å². The maximum atomic E-state index is 11.5. The summed E-state index contributed by atoms with van der Waals surface area (Å²) in [4.78, 5) is 0. The van der Waals surface area contributed by atoms with Crippen molar-refractivity contribution in [1.82, 2.24) is 0 Å². The molecule has 7 heteroatoms. The summed E-state index contributed by atoms with van der Waals surface area (Å²) in [6, 6.07) is 1.38. The van der Waals surface area contributed by atoms with Crippen LogP contribution in [-0.4, -0.2) is 23.2 Å². The third-order valence-corrected chi connectivity index (χ3v) is 8.95. The number of phenolic OH excluding ortho intramolecular Hbond substituents is 1. The van der Waals surface area contributed by atoms with Crippen molar-refractivity contribution in [3.05, 3.63) is 22.8 Å². The van der Waals surface area contributed by atoms with Gasteiger partial charge >= 0.3 is 10.4 Å². The molecule has 0 amide bonds. The first-order valence-electron chi connectivity index (χ1n) is 10.5. The zero-order chi connectivity index (χ0) is 21.4. The van der Waals surface area contributed by atoms with Crippen molar-refractivity contribution in [2.75, 3.05) is 0 Å². The average molecular weight is 425 g/mol. The lowest BCUT2D eigenvalue weighted by Gasteiger charge is -2.61. The number of aliphatic hydroxyl groups is 1. The molecule has 2 fully saturated rings. The Bertz CT molecular complexity index is 953. The molecule has 4 atom stereocenters.